The molecule has 1 N–H and O–H groups in total. The fourth-order valence-corrected chi connectivity index (χ4v) is 2.18. The van der Waals surface area contributed by atoms with Gasteiger partial charge in [0.15, 0.2) is 0 Å². The van der Waals surface area contributed by atoms with Crippen LogP contribution in [0.4, 0.5) is 0 Å². The minimum Gasteiger partial charge on any atom is -0.350 e. The van der Waals surface area contributed by atoms with Gasteiger partial charge in [0.25, 0.3) is 0 Å². The summed E-state index contributed by atoms with van der Waals surface area (Å²) < 4.78 is 2.12. The highest BCUT2D eigenvalue weighted by Crippen LogP contribution is 2.19. The van der Waals surface area contributed by atoms with Crippen LogP contribution in [0.25, 0.3) is 10.9 Å². The first-order valence-corrected chi connectivity index (χ1v) is 6.61. The van der Waals surface area contributed by atoms with Crippen molar-refractivity contribution in [1.29, 1.82) is 0 Å². The summed E-state index contributed by atoms with van der Waals surface area (Å²) in [4.78, 5) is 13.4. The van der Waals surface area contributed by atoms with E-state index in [2.05, 4.69) is 28.2 Å². The fourth-order valence-electron chi connectivity index (χ4n) is 2.18. The lowest BCUT2D eigenvalue weighted by Gasteiger charge is -2.14. The number of nitrogens with one attached hydrogen (secondary N) is 1. The Bertz CT molecular complexity index is 574. The summed E-state index contributed by atoms with van der Waals surface area (Å²) in [5.41, 5.74) is 2.45. The number of hydrogen-bond acceptors (Lipinski definition) is 2. The van der Waals surface area contributed by atoms with E-state index >= 15 is 0 Å². The van der Waals surface area contributed by atoms with Crippen molar-refractivity contribution >= 4 is 16.8 Å². The second-order valence-corrected chi connectivity index (χ2v) is 4.79. The number of para-hydroxylation sites is 1. The van der Waals surface area contributed by atoms with Gasteiger partial charge in [0.2, 0.25) is 5.91 Å². The van der Waals surface area contributed by atoms with Gasteiger partial charge >= 0.3 is 0 Å². The van der Waals surface area contributed by atoms with E-state index in [4.69, 9.17) is 0 Å². The average molecular weight is 259 g/mol. The van der Waals surface area contributed by atoms with Crippen LogP contribution in [0.2, 0.25) is 0 Å². The van der Waals surface area contributed by atoms with Gasteiger partial charge in [-0.05, 0) is 18.6 Å². The summed E-state index contributed by atoms with van der Waals surface area (Å²) in [5, 5.41) is 4.46. The summed E-state index contributed by atoms with van der Waals surface area (Å²) in [6, 6.07) is 8.31. The third kappa shape index (κ3) is 2.96. The topological polar surface area (TPSA) is 37.3 Å². The number of aryl methyl sites for hydroxylation is 1. The fraction of sp³-hybridized carbons (Fsp3) is 0.400. The molecule has 4 nitrogen and oxygen atoms in total. The maximum atomic E-state index is 11.7. The SMILES string of the molecule is CCN(C)C(=O)CNCc1cn(C)c2ccccc12. The zero-order chi connectivity index (χ0) is 13.8. The number of fused-ring (bicyclic) bond motifs is 1. The van der Waals surface area contributed by atoms with E-state index in [0.717, 1.165) is 6.54 Å². The second-order valence-electron chi connectivity index (χ2n) is 4.79. The van der Waals surface area contributed by atoms with Crippen LogP contribution in [0.3, 0.4) is 0 Å². The van der Waals surface area contributed by atoms with Gasteiger partial charge < -0.3 is 14.8 Å². The van der Waals surface area contributed by atoms with Gasteiger partial charge in [-0.2, -0.15) is 0 Å². The molecule has 1 amide bonds. The predicted octanol–water partition coefficient (Wildman–Crippen LogP) is 1.75. The molecule has 2 rings (SSSR count). The number of carbonyl (C=O) groups excluding carboxylic acids is 1. The number of rotatable bonds is 5. The Morgan fingerprint density at radius 2 is 2.11 bits per heavy atom. The van der Waals surface area contributed by atoms with E-state index in [1.54, 1.807) is 4.90 Å². The van der Waals surface area contributed by atoms with Crippen LogP contribution in [0.5, 0.6) is 0 Å². The minimum absolute atomic E-state index is 0.128. The molecule has 1 aromatic heterocycles. The van der Waals surface area contributed by atoms with Gasteiger partial charge in [-0.25, -0.2) is 0 Å². The molecular weight excluding hydrogens is 238 g/mol. The predicted molar refractivity (Wildman–Crippen MR) is 77.9 cm³/mol. The number of benzene rings is 1. The molecule has 0 bridgehead atoms. The van der Waals surface area contributed by atoms with Crippen molar-refractivity contribution in [3.8, 4) is 0 Å². The smallest absolute Gasteiger partial charge is 0.236 e. The highest BCUT2D eigenvalue weighted by molar-refractivity contribution is 5.84. The number of nitrogens with zero attached hydrogens (tertiary/aromatic N) is 2. The van der Waals surface area contributed by atoms with Gasteiger partial charge in [0.1, 0.15) is 0 Å². The van der Waals surface area contributed by atoms with Crippen molar-refractivity contribution < 1.29 is 4.79 Å². The summed E-state index contributed by atoms with van der Waals surface area (Å²) >= 11 is 0. The summed E-state index contributed by atoms with van der Waals surface area (Å²) in [5.74, 6) is 0.128. The standard InChI is InChI=1S/C15H21N3O/c1-4-17(2)15(19)10-16-9-12-11-18(3)14-8-6-5-7-13(12)14/h5-8,11,16H,4,9-10H2,1-3H3. The lowest BCUT2D eigenvalue weighted by atomic mass is 10.2. The van der Waals surface area contributed by atoms with E-state index in [9.17, 15) is 4.79 Å². The van der Waals surface area contributed by atoms with E-state index in [1.165, 1.54) is 16.5 Å². The number of likely N-dealkylation sites (N-methyl/N-ethyl adjacent to an activating group) is 1. The molecule has 4 heteroatoms. The number of amides is 1. The van der Waals surface area contributed by atoms with Crippen LogP contribution >= 0.6 is 0 Å². The Hall–Kier alpha value is -1.81. The molecule has 0 saturated carbocycles. The van der Waals surface area contributed by atoms with Crippen molar-refractivity contribution in [2.24, 2.45) is 7.05 Å². The van der Waals surface area contributed by atoms with E-state index in [0.29, 0.717) is 13.1 Å². The molecule has 0 radical (unpaired) electrons. The maximum Gasteiger partial charge on any atom is 0.236 e. The van der Waals surface area contributed by atoms with Crippen LogP contribution in [-0.4, -0.2) is 35.5 Å². The van der Waals surface area contributed by atoms with Gasteiger partial charge in [-0.15, -0.1) is 0 Å². The lowest BCUT2D eigenvalue weighted by molar-refractivity contribution is -0.128. The second kappa shape index (κ2) is 5.89. The summed E-state index contributed by atoms with van der Waals surface area (Å²) in [6.07, 6.45) is 2.12. The number of hydrogen-bond donors (Lipinski definition) is 1. The van der Waals surface area contributed by atoms with E-state index < -0.39 is 0 Å². The molecule has 0 unspecified atom stereocenters. The number of aromatic nitrogens is 1. The Labute approximate surface area is 114 Å². The van der Waals surface area contributed by atoms with Crippen molar-refractivity contribution in [3.05, 3.63) is 36.0 Å². The van der Waals surface area contributed by atoms with Crippen LogP contribution in [0.1, 0.15) is 12.5 Å². The van der Waals surface area contributed by atoms with Crippen molar-refractivity contribution in [2.45, 2.75) is 13.5 Å². The molecule has 102 valence electrons. The van der Waals surface area contributed by atoms with Gasteiger partial charge in [0.05, 0.1) is 6.54 Å². The molecule has 0 spiro atoms. The van der Waals surface area contributed by atoms with E-state index in [-0.39, 0.29) is 5.91 Å². The molecular formula is C15H21N3O. The Morgan fingerprint density at radius 3 is 2.84 bits per heavy atom. The van der Waals surface area contributed by atoms with Crippen LogP contribution in [0.15, 0.2) is 30.5 Å². The van der Waals surface area contributed by atoms with Gasteiger partial charge in [-0.3, -0.25) is 4.79 Å². The van der Waals surface area contributed by atoms with Crippen molar-refractivity contribution in [3.63, 3.8) is 0 Å². The zero-order valence-electron chi connectivity index (χ0n) is 11.8. The molecule has 0 fully saturated rings. The molecule has 0 aliphatic heterocycles. The minimum atomic E-state index is 0.128. The quantitative estimate of drug-likeness (QED) is 0.888. The van der Waals surface area contributed by atoms with Gasteiger partial charge in [0, 0.05) is 44.3 Å². The first-order valence-electron chi connectivity index (χ1n) is 6.61. The monoisotopic (exact) mass is 259 g/mol. The zero-order valence-corrected chi connectivity index (χ0v) is 11.8. The first-order chi connectivity index (χ1) is 9.13. The Kier molecular flexibility index (Phi) is 4.22. The van der Waals surface area contributed by atoms with E-state index in [1.807, 2.05) is 33.2 Å². The van der Waals surface area contributed by atoms with Crippen molar-refractivity contribution in [1.82, 2.24) is 14.8 Å². The highest BCUT2D eigenvalue weighted by Gasteiger charge is 2.08. The lowest BCUT2D eigenvalue weighted by Crippen LogP contribution is -2.35. The molecule has 1 heterocycles. The third-order valence-electron chi connectivity index (χ3n) is 3.47. The van der Waals surface area contributed by atoms with Crippen molar-refractivity contribution in [2.75, 3.05) is 20.1 Å². The highest BCUT2D eigenvalue weighted by atomic mass is 16.2. The average Bonchev–Trinajstić information content (AvgIpc) is 2.75. The summed E-state index contributed by atoms with van der Waals surface area (Å²) in [6.45, 7) is 3.82. The normalized spacial score (nSPS) is 10.9. The molecule has 1 aromatic carbocycles. The third-order valence-corrected chi connectivity index (χ3v) is 3.47. The first kappa shape index (κ1) is 13.6. The molecule has 2 aromatic rings. The number of carbonyl (C=O) groups is 1. The molecule has 0 aliphatic carbocycles. The van der Waals surface area contributed by atoms with Crippen LogP contribution in [-0.2, 0) is 18.4 Å². The Balaban J connectivity index is 2.01. The molecule has 0 aliphatic rings. The maximum absolute atomic E-state index is 11.7. The summed E-state index contributed by atoms with van der Waals surface area (Å²) in [7, 11) is 3.86. The van der Waals surface area contributed by atoms with Gasteiger partial charge in [-0.1, -0.05) is 18.2 Å². The molecule has 0 saturated heterocycles. The van der Waals surface area contributed by atoms with Crippen LogP contribution < -0.4 is 5.32 Å². The largest absolute Gasteiger partial charge is 0.350 e. The molecule has 0 atom stereocenters. The molecule has 19 heavy (non-hydrogen) atoms. The Morgan fingerprint density at radius 1 is 1.37 bits per heavy atom. The van der Waals surface area contributed by atoms with Crippen LogP contribution in [0, 0.1) is 0 Å².